The van der Waals surface area contributed by atoms with Gasteiger partial charge in [0, 0.05) is 28.6 Å². The van der Waals surface area contributed by atoms with Crippen molar-refractivity contribution in [2.75, 3.05) is 19.8 Å². The number of aryl methyl sites for hydroxylation is 1. The van der Waals surface area contributed by atoms with E-state index >= 15 is 0 Å². The molecule has 0 bridgehead atoms. The number of ether oxygens (including phenoxy) is 2. The molecule has 0 saturated carbocycles. The molecule has 1 aliphatic rings. The zero-order valence-electron chi connectivity index (χ0n) is 16.9. The van der Waals surface area contributed by atoms with E-state index in [0.717, 1.165) is 39.2 Å². The van der Waals surface area contributed by atoms with Crippen molar-refractivity contribution in [3.63, 3.8) is 0 Å². The summed E-state index contributed by atoms with van der Waals surface area (Å²) in [5.41, 5.74) is 3.32. The number of hydrogen-bond donors (Lipinski definition) is 2. The molecule has 0 atom stereocenters. The first-order valence-electron chi connectivity index (χ1n) is 9.77. The minimum atomic E-state index is -0.308. The highest BCUT2D eigenvalue weighted by Crippen LogP contribution is 2.35. The summed E-state index contributed by atoms with van der Waals surface area (Å²) in [5, 5.41) is 3.78. The fourth-order valence-electron chi connectivity index (χ4n) is 3.69. The van der Waals surface area contributed by atoms with Crippen molar-refractivity contribution in [1.29, 1.82) is 0 Å². The second-order valence-electron chi connectivity index (χ2n) is 8.11. The molecular formula is C23H25FN2O3. The Morgan fingerprint density at radius 3 is 2.69 bits per heavy atom. The smallest absolute Gasteiger partial charge is 0.224 e. The van der Waals surface area contributed by atoms with E-state index < -0.39 is 0 Å². The number of amides is 1. The predicted molar refractivity (Wildman–Crippen MR) is 110 cm³/mol. The molecule has 2 aromatic carbocycles. The SMILES string of the molecule is Cc1[nH]c2ccc(F)cc2c1CC(=O)NCC(C)(C)c1ccc2c(c1)OCCO2. The Balaban J connectivity index is 1.45. The van der Waals surface area contributed by atoms with Gasteiger partial charge in [-0.3, -0.25) is 4.79 Å². The number of hydrogen-bond acceptors (Lipinski definition) is 3. The van der Waals surface area contributed by atoms with Crippen LogP contribution in [-0.2, 0) is 16.6 Å². The molecule has 1 amide bonds. The van der Waals surface area contributed by atoms with Crippen LogP contribution in [0, 0.1) is 12.7 Å². The van der Waals surface area contributed by atoms with E-state index in [1.54, 1.807) is 6.07 Å². The number of nitrogens with one attached hydrogen (secondary N) is 2. The van der Waals surface area contributed by atoms with Crippen molar-refractivity contribution >= 4 is 16.8 Å². The summed E-state index contributed by atoms with van der Waals surface area (Å²) < 4.78 is 24.9. The number of aromatic amines is 1. The number of rotatable bonds is 5. The van der Waals surface area contributed by atoms with Crippen LogP contribution >= 0.6 is 0 Å². The normalized spacial score (nSPS) is 13.5. The molecule has 3 aromatic rings. The van der Waals surface area contributed by atoms with Gasteiger partial charge in [0.2, 0.25) is 5.91 Å². The quantitative estimate of drug-likeness (QED) is 0.685. The number of fused-ring (bicyclic) bond motifs is 2. The van der Waals surface area contributed by atoms with Crippen LogP contribution in [0.4, 0.5) is 4.39 Å². The maximum Gasteiger partial charge on any atom is 0.224 e. The van der Waals surface area contributed by atoms with Gasteiger partial charge in [0.05, 0.1) is 6.42 Å². The van der Waals surface area contributed by atoms with Gasteiger partial charge in [-0.2, -0.15) is 0 Å². The lowest BCUT2D eigenvalue weighted by Gasteiger charge is -2.28. The van der Waals surface area contributed by atoms with E-state index in [9.17, 15) is 9.18 Å². The minimum Gasteiger partial charge on any atom is -0.486 e. The molecule has 0 fully saturated rings. The summed E-state index contributed by atoms with van der Waals surface area (Å²) in [6.45, 7) is 7.62. The Bertz CT molecular complexity index is 1070. The molecule has 2 N–H and O–H groups in total. The van der Waals surface area contributed by atoms with Crippen LogP contribution in [0.15, 0.2) is 36.4 Å². The van der Waals surface area contributed by atoms with Gasteiger partial charge in [0.25, 0.3) is 0 Å². The van der Waals surface area contributed by atoms with Crippen LogP contribution < -0.4 is 14.8 Å². The van der Waals surface area contributed by atoms with Gasteiger partial charge in [-0.15, -0.1) is 0 Å². The number of halogens is 1. The maximum absolute atomic E-state index is 13.6. The third-order valence-corrected chi connectivity index (χ3v) is 5.47. The summed E-state index contributed by atoms with van der Waals surface area (Å²) in [6, 6.07) is 10.5. The second-order valence-corrected chi connectivity index (χ2v) is 8.11. The summed E-state index contributed by atoms with van der Waals surface area (Å²) in [4.78, 5) is 15.9. The van der Waals surface area contributed by atoms with E-state index in [1.807, 2.05) is 25.1 Å². The fourth-order valence-corrected chi connectivity index (χ4v) is 3.69. The Morgan fingerprint density at radius 2 is 1.90 bits per heavy atom. The van der Waals surface area contributed by atoms with Gasteiger partial charge in [-0.05, 0) is 48.4 Å². The average Bonchev–Trinajstić information content (AvgIpc) is 3.01. The summed E-state index contributed by atoms with van der Waals surface area (Å²) in [7, 11) is 0. The third kappa shape index (κ3) is 3.92. The lowest BCUT2D eigenvalue weighted by Crippen LogP contribution is -2.37. The Labute approximate surface area is 169 Å². The highest BCUT2D eigenvalue weighted by atomic mass is 19.1. The zero-order chi connectivity index (χ0) is 20.6. The van der Waals surface area contributed by atoms with Crippen molar-refractivity contribution in [1.82, 2.24) is 10.3 Å². The molecule has 0 aliphatic carbocycles. The standard InChI is InChI=1S/C23H25FN2O3/c1-14-17(18-11-16(24)5-6-19(18)26-14)12-22(27)25-13-23(2,3)15-4-7-20-21(10-15)29-9-8-28-20/h4-7,10-11,26H,8-9,12-13H2,1-3H3,(H,25,27). The van der Waals surface area contributed by atoms with Crippen molar-refractivity contribution < 1.29 is 18.7 Å². The molecule has 0 saturated heterocycles. The molecule has 0 unspecified atom stereocenters. The fraction of sp³-hybridized carbons (Fsp3) is 0.348. The number of carbonyl (C=O) groups excluding carboxylic acids is 1. The highest BCUT2D eigenvalue weighted by molar-refractivity contribution is 5.90. The molecule has 1 aliphatic heterocycles. The Kier molecular flexibility index (Phi) is 4.94. The van der Waals surface area contributed by atoms with E-state index in [2.05, 4.69) is 24.1 Å². The summed E-state index contributed by atoms with van der Waals surface area (Å²) >= 11 is 0. The van der Waals surface area contributed by atoms with Crippen LogP contribution in [-0.4, -0.2) is 30.6 Å². The first-order chi connectivity index (χ1) is 13.8. The van der Waals surface area contributed by atoms with E-state index in [1.165, 1.54) is 12.1 Å². The average molecular weight is 396 g/mol. The van der Waals surface area contributed by atoms with E-state index in [4.69, 9.17) is 9.47 Å². The second kappa shape index (κ2) is 7.43. The lowest BCUT2D eigenvalue weighted by molar-refractivity contribution is -0.120. The lowest BCUT2D eigenvalue weighted by atomic mass is 9.84. The van der Waals surface area contributed by atoms with Gasteiger partial charge >= 0.3 is 0 Å². The van der Waals surface area contributed by atoms with Crippen molar-refractivity contribution in [3.8, 4) is 11.5 Å². The zero-order valence-corrected chi connectivity index (χ0v) is 16.9. The topological polar surface area (TPSA) is 63.4 Å². The van der Waals surface area contributed by atoms with E-state index in [0.29, 0.717) is 19.8 Å². The van der Waals surface area contributed by atoms with Crippen molar-refractivity contribution in [2.45, 2.75) is 32.6 Å². The number of benzene rings is 2. The van der Waals surface area contributed by atoms with Crippen LogP contribution in [0.2, 0.25) is 0 Å². The van der Waals surface area contributed by atoms with Crippen molar-refractivity contribution in [2.24, 2.45) is 0 Å². The summed E-state index contributed by atoms with van der Waals surface area (Å²) in [5.74, 6) is 1.09. The molecule has 29 heavy (non-hydrogen) atoms. The first kappa shape index (κ1) is 19.3. The maximum atomic E-state index is 13.6. The monoisotopic (exact) mass is 396 g/mol. The number of aromatic nitrogens is 1. The van der Waals surface area contributed by atoms with Crippen LogP contribution in [0.3, 0.4) is 0 Å². The van der Waals surface area contributed by atoms with Gasteiger partial charge in [0.15, 0.2) is 11.5 Å². The van der Waals surface area contributed by atoms with Crippen LogP contribution in [0.5, 0.6) is 11.5 Å². The molecule has 152 valence electrons. The minimum absolute atomic E-state index is 0.0936. The van der Waals surface area contributed by atoms with Gasteiger partial charge < -0.3 is 19.8 Å². The van der Waals surface area contributed by atoms with E-state index in [-0.39, 0.29) is 23.6 Å². The Morgan fingerprint density at radius 1 is 1.14 bits per heavy atom. The molecule has 0 spiro atoms. The third-order valence-electron chi connectivity index (χ3n) is 5.47. The molecule has 2 heterocycles. The molecule has 4 rings (SSSR count). The molecule has 6 heteroatoms. The molecule has 1 aromatic heterocycles. The van der Waals surface area contributed by atoms with Crippen LogP contribution in [0.25, 0.3) is 10.9 Å². The first-order valence-corrected chi connectivity index (χ1v) is 9.77. The number of H-pyrrole nitrogens is 1. The molecule has 5 nitrogen and oxygen atoms in total. The summed E-state index contributed by atoms with van der Waals surface area (Å²) in [6.07, 6.45) is 0.201. The largest absolute Gasteiger partial charge is 0.486 e. The van der Waals surface area contributed by atoms with Crippen molar-refractivity contribution in [3.05, 3.63) is 59.0 Å². The van der Waals surface area contributed by atoms with Gasteiger partial charge in [0.1, 0.15) is 19.0 Å². The van der Waals surface area contributed by atoms with Gasteiger partial charge in [-0.1, -0.05) is 19.9 Å². The molecular weight excluding hydrogens is 371 g/mol. The molecule has 0 radical (unpaired) electrons. The van der Waals surface area contributed by atoms with Crippen LogP contribution in [0.1, 0.15) is 30.7 Å². The van der Waals surface area contributed by atoms with Gasteiger partial charge in [-0.25, -0.2) is 4.39 Å². The highest BCUT2D eigenvalue weighted by Gasteiger charge is 2.24. The number of carbonyl (C=O) groups is 1. The Hall–Kier alpha value is -3.02. The predicted octanol–water partition coefficient (Wildman–Crippen LogP) is 4.02.